The van der Waals surface area contributed by atoms with Crippen molar-refractivity contribution in [3.63, 3.8) is 0 Å². The molecule has 0 bridgehead atoms. The van der Waals surface area contributed by atoms with Crippen LogP contribution in [0.1, 0.15) is 12.5 Å². The second-order valence-electron chi connectivity index (χ2n) is 3.79. The lowest BCUT2D eigenvalue weighted by molar-refractivity contribution is 1.12. The highest BCUT2D eigenvalue weighted by Gasteiger charge is 2.16. The minimum atomic E-state index is 0.779. The van der Waals surface area contributed by atoms with Gasteiger partial charge in [0.2, 0.25) is 0 Å². The smallest absolute Gasteiger partial charge is 0.0950 e. The monoisotopic (exact) mass is 264 g/mol. The summed E-state index contributed by atoms with van der Waals surface area (Å²) in [5, 5.41) is 0.886. The highest BCUT2D eigenvalue weighted by Crippen LogP contribution is 2.43. The van der Waals surface area contributed by atoms with Gasteiger partial charge in [-0.2, -0.15) is 0 Å². The lowest BCUT2D eigenvalue weighted by Crippen LogP contribution is -1.90. The largest absolute Gasteiger partial charge is 0.399 e. The van der Waals surface area contributed by atoms with E-state index >= 15 is 0 Å². The lowest BCUT2D eigenvalue weighted by atomic mass is 10.0. The van der Waals surface area contributed by atoms with Gasteiger partial charge < -0.3 is 11.5 Å². The van der Waals surface area contributed by atoms with Crippen molar-refractivity contribution < 1.29 is 0 Å². The molecule has 4 heteroatoms. The maximum absolute atomic E-state index is 6.14. The van der Waals surface area contributed by atoms with Crippen LogP contribution in [-0.2, 0) is 6.42 Å². The minimum absolute atomic E-state index is 0.779. The van der Waals surface area contributed by atoms with E-state index in [0.29, 0.717) is 0 Å². The molecule has 0 saturated carbocycles. The first kappa shape index (κ1) is 12.3. The van der Waals surface area contributed by atoms with Crippen molar-refractivity contribution in [1.82, 2.24) is 0 Å². The first-order chi connectivity index (χ1) is 8.17. The number of hydrogen-bond acceptors (Lipinski definition) is 4. The standard InChI is InChI=1S/C13H16N2S2/c1-3-10-11(12(15)17-13(10)16-2)8-5-4-6-9(14)7-8/h4-7H,3,14-15H2,1-2H3. The highest BCUT2D eigenvalue weighted by atomic mass is 32.2. The lowest BCUT2D eigenvalue weighted by Gasteiger charge is -2.06. The third-order valence-corrected chi connectivity index (χ3v) is 4.93. The van der Waals surface area contributed by atoms with E-state index in [-0.39, 0.29) is 0 Å². The van der Waals surface area contributed by atoms with Crippen molar-refractivity contribution in [1.29, 1.82) is 0 Å². The van der Waals surface area contributed by atoms with Gasteiger partial charge in [0.15, 0.2) is 0 Å². The Bertz CT molecular complexity index is 532. The molecule has 2 nitrogen and oxygen atoms in total. The zero-order chi connectivity index (χ0) is 12.4. The van der Waals surface area contributed by atoms with Gasteiger partial charge in [0.25, 0.3) is 0 Å². The maximum Gasteiger partial charge on any atom is 0.0950 e. The summed E-state index contributed by atoms with van der Waals surface area (Å²) in [6.07, 6.45) is 3.08. The summed E-state index contributed by atoms with van der Waals surface area (Å²) in [7, 11) is 0. The molecule has 1 aromatic heterocycles. The molecule has 0 aliphatic carbocycles. The van der Waals surface area contributed by atoms with Crippen LogP contribution >= 0.6 is 23.1 Å². The SMILES string of the molecule is CCc1c(SC)sc(N)c1-c1cccc(N)c1. The molecule has 2 rings (SSSR count). The Morgan fingerprint density at radius 1 is 1.29 bits per heavy atom. The Balaban J connectivity index is 2.62. The molecule has 2 aromatic rings. The number of nitrogen functional groups attached to an aromatic ring is 2. The Kier molecular flexibility index (Phi) is 3.64. The van der Waals surface area contributed by atoms with Crippen molar-refractivity contribution >= 4 is 33.8 Å². The summed E-state index contributed by atoms with van der Waals surface area (Å²) in [6.45, 7) is 2.16. The average Bonchev–Trinajstić information content (AvgIpc) is 2.65. The van der Waals surface area contributed by atoms with Gasteiger partial charge in [0, 0.05) is 11.3 Å². The summed E-state index contributed by atoms with van der Waals surface area (Å²) in [5.41, 5.74) is 16.4. The number of anilines is 2. The fraction of sp³-hybridized carbons (Fsp3) is 0.231. The van der Waals surface area contributed by atoms with Gasteiger partial charge in [-0.05, 0) is 35.9 Å². The number of thiophene rings is 1. The second kappa shape index (κ2) is 5.02. The molecule has 4 N–H and O–H groups in total. The number of benzene rings is 1. The van der Waals surface area contributed by atoms with E-state index in [0.717, 1.165) is 28.2 Å². The van der Waals surface area contributed by atoms with Gasteiger partial charge in [0.1, 0.15) is 0 Å². The normalized spacial score (nSPS) is 10.7. The van der Waals surface area contributed by atoms with Crippen LogP contribution < -0.4 is 11.5 Å². The summed E-state index contributed by atoms with van der Waals surface area (Å²) in [6, 6.07) is 7.92. The topological polar surface area (TPSA) is 52.0 Å². The number of nitrogens with two attached hydrogens (primary N) is 2. The van der Waals surface area contributed by atoms with E-state index in [4.69, 9.17) is 11.5 Å². The third kappa shape index (κ3) is 2.28. The molecule has 0 amide bonds. The fourth-order valence-corrected chi connectivity index (χ4v) is 3.97. The molecule has 17 heavy (non-hydrogen) atoms. The summed E-state index contributed by atoms with van der Waals surface area (Å²) in [5.74, 6) is 0. The van der Waals surface area contributed by atoms with E-state index in [1.54, 1.807) is 23.1 Å². The van der Waals surface area contributed by atoms with Gasteiger partial charge in [0.05, 0.1) is 9.21 Å². The van der Waals surface area contributed by atoms with Crippen molar-refractivity contribution in [2.24, 2.45) is 0 Å². The van der Waals surface area contributed by atoms with E-state index < -0.39 is 0 Å². The maximum atomic E-state index is 6.14. The van der Waals surface area contributed by atoms with E-state index in [2.05, 4.69) is 19.2 Å². The molecule has 0 fully saturated rings. The summed E-state index contributed by atoms with van der Waals surface area (Å²) < 4.78 is 1.31. The Labute approximate surface area is 110 Å². The Morgan fingerprint density at radius 3 is 2.65 bits per heavy atom. The molecule has 1 heterocycles. The number of rotatable bonds is 3. The van der Waals surface area contributed by atoms with Gasteiger partial charge in [-0.15, -0.1) is 23.1 Å². The van der Waals surface area contributed by atoms with Crippen LogP contribution in [0.25, 0.3) is 11.1 Å². The van der Waals surface area contributed by atoms with Crippen LogP contribution in [0.5, 0.6) is 0 Å². The molecule has 0 aliphatic rings. The number of thioether (sulfide) groups is 1. The molecule has 90 valence electrons. The van der Waals surface area contributed by atoms with Crippen LogP contribution in [0, 0.1) is 0 Å². The first-order valence-electron chi connectivity index (χ1n) is 5.48. The molecular formula is C13H16N2S2. The second-order valence-corrected chi connectivity index (χ2v) is 5.92. The fourth-order valence-electron chi connectivity index (χ4n) is 1.96. The Hall–Kier alpha value is -1.13. The zero-order valence-corrected chi connectivity index (χ0v) is 11.6. The molecule has 0 saturated heterocycles. The molecule has 0 unspecified atom stereocenters. The molecule has 0 spiro atoms. The highest BCUT2D eigenvalue weighted by molar-refractivity contribution is 8.00. The van der Waals surface area contributed by atoms with E-state index in [1.165, 1.54) is 9.77 Å². The van der Waals surface area contributed by atoms with Gasteiger partial charge in [-0.25, -0.2) is 0 Å². The molecule has 0 aliphatic heterocycles. The van der Waals surface area contributed by atoms with E-state index in [9.17, 15) is 0 Å². The van der Waals surface area contributed by atoms with Gasteiger partial charge >= 0.3 is 0 Å². The van der Waals surface area contributed by atoms with Crippen molar-refractivity contribution in [3.05, 3.63) is 29.8 Å². The van der Waals surface area contributed by atoms with Gasteiger partial charge in [-0.1, -0.05) is 19.1 Å². The minimum Gasteiger partial charge on any atom is -0.399 e. The van der Waals surface area contributed by atoms with Crippen LogP contribution in [0.15, 0.2) is 28.5 Å². The molecular weight excluding hydrogens is 248 g/mol. The van der Waals surface area contributed by atoms with Crippen molar-refractivity contribution in [2.45, 2.75) is 17.6 Å². The predicted molar refractivity (Wildman–Crippen MR) is 79.7 cm³/mol. The van der Waals surface area contributed by atoms with Crippen LogP contribution in [-0.4, -0.2) is 6.26 Å². The predicted octanol–water partition coefficient (Wildman–Crippen LogP) is 3.86. The summed E-state index contributed by atoms with van der Waals surface area (Å²) in [4.78, 5) is 0. The first-order valence-corrected chi connectivity index (χ1v) is 7.52. The Morgan fingerprint density at radius 2 is 2.06 bits per heavy atom. The third-order valence-electron chi connectivity index (χ3n) is 2.71. The van der Waals surface area contributed by atoms with Crippen LogP contribution in [0.2, 0.25) is 0 Å². The van der Waals surface area contributed by atoms with Crippen molar-refractivity contribution in [3.8, 4) is 11.1 Å². The molecule has 1 aromatic carbocycles. The van der Waals surface area contributed by atoms with Crippen LogP contribution in [0.4, 0.5) is 10.7 Å². The quantitative estimate of drug-likeness (QED) is 0.653. The average molecular weight is 264 g/mol. The number of hydrogen-bond donors (Lipinski definition) is 2. The molecule has 0 radical (unpaired) electrons. The van der Waals surface area contributed by atoms with E-state index in [1.807, 2.05) is 18.2 Å². The van der Waals surface area contributed by atoms with Crippen molar-refractivity contribution in [2.75, 3.05) is 17.7 Å². The molecule has 0 atom stereocenters. The van der Waals surface area contributed by atoms with Gasteiger partial charge in [-0.3, -0.25) is 0 Å². The zero-order valence-electron chi connectivity index (χ0n) is 9.99. The summed E-state index contributed by atoms with van der Waals surface area (Å²) >= 11 is 3.43. The van der Waals surface area contributed by atoms with Crippen LogP contribution in [0.3, 0.4) is 0 Å².